The maximum absolute atomic E-state index is 11.4. The molecule has 0 radical (unpaired) electrons. The smallest absolute Gasteiger partial charge is 0.315 e. The molecule has 0 aliphatic heterocycles. The molecule has 0 spiro atoms. The number of carboxylic acid groups (broad SMARTS) is 1. The number of aliphatic carboxylic acids is 1. The third-order valence-electron chi connectivity index (χ3n) is 2.64. The van der Waals surface area contributed by atoms with Crippen molar-refractivity contribution in [1.29, 1.82) is 0 Å². The minimum Gasteiger partial charge on any atom is -0.481 e. The lowest BCUT2D eigenvalue weighted by atomic mass is 10.2. The van der Waals surface area contributed by atoms with Crippen molar-refractivity contribution in [1.82, 2.24) is 10.6 Å². The molecule has 1 aliphatic carbocycles. The van der Waals surface area contributed by atoms with Gasteiger partial charge >= 0.3 is 12.0 Å². The van der Waals surface area contributed by atoms with Gasteiger partial charge in [-0.25, -0.2) is 4.79 Å². The summed E-state index contributed by atoms with van der Waals surface area (Å²) in [5.74, 6) is -0.941. The van der Waals surface area contributed by atoms with Gasteiger partial charge in [0.15, 0.2) is 0 Å². The first-order valence-corrected chi connectivity index (χ1v) is 5.26. The van der Waals surface area contributed by atoms with Crippen molar-refractivity contribution < 1.29 is 19.4 Å². The SMILES string of the molecule is COC(CNC(=O)NC1(C)CC1)CC(=O)O. The van der Waals surface area contributed by atoms with Crippen LogP contribution < -0.4 is 10.6 Å². The molecular weight excluding hydrogens is 212 g/mol. The number of hydrogen-bond donors (Lipinski definition) is 3. The fourth-order valence-corrected chi connectivity index (χ4v) is 1.27. The predicted molar refractivity (Wildman–Crippen MR) is 57.2 cm³/mol. The molecule has 1 unspecified atom stereocenters. The number of methoxy groups -OCH3 is 1. The molecule has 1 atom stereocenters. The Morgan fingerprint density at radius 1 is 1.50 bits per heavy atom. The number of carboxylic acids is 1. The number of hydrogen-bond acceptors (Lipinski definition) is 3. The molecule has 1 fully saturated rings. The third-order valence-corrected chi connectivity index (χ3v) is 2.64. The first-order chi connectivity index (χ1) is 7.45. The molecule has 2 amide bonds. The number of nitrogens with one attached hydrogen (secondary N) is 2. The van der Waals surface area contributed by atoms with E-state index >= 15 is 0 Å². The van der Waals surface area contributed by atoms with Crippen LogP contribution in [0.15, 0.2) is 0 Å². The van der Waals surface area contributed by atoms with Crippen molar-refractivity contribution in [2.24, 2.45) is 0 Å². The van der Waals surface area contributed by atoms with Gasteiger partial charge in [-0.15, -0.1) is 0 Å². The van der Waals surface area contributed by atoms with Crippen LogP contribution in [-0.4, -0.2) is 42.4 Å². The summed E-state index contributed by atoms with van der Waals surface area (Å²) in [6, 6.07) is -0.271. The number of amides is 2. The molecule has 0 aromatic carbocycles. The fraction of sp³-hybridized carbons (Fsp3) is 0.800. The minimum atomic E-state index is -0.941. The Bertz CT molecular complexity index is 276. The maximum Gasteiger partial charge on any atom is 0.315 e. The summed E-state index contributed by atoms with van der Waals surface area (Å²) in [4.78, 5) is 21.8. The first kappa shape index (κ1) is 12.8. The van der Waals surface area contributed by atoms with Crippen molar-refractivity contribution in [3.63, 3.8) is 0 Å². The molecule has 0 saturated heterocycles. The Hall–Kier alpha value is -1.30. The van der Waals surface area contributed by atoms with Crippen molar-refractivity contribution in [2.75, 3.05) is 13.7 Å². The molecule has 1 saturated carbocycles. The summed E-state index contributed by atoms with van der Waals surface area (Å²) in [7, 11) is 1.43. The number of urea groups is 1. The Morgan fingerprint density at radius 2 is 2.12 bits per heavy atom. The van der Waals surface area contributed by atoms with Gasteiger partial charge in [0.2, 0.25) is 0 Å². The van der Waals surface area contributed by atoms with E-state index in [1.807, 2.05) is 6.92 Å². The highest BCUT2D eigenvalue weighted by Crippen LogP contribution is 2.33. The lowest BCUT2D eigenvalue weighted by Gasteiger charge is -2.16. The monoisotopic (exact) mass is 230 g/mol. The largest absolute Gasteiger partial charge is 0.481 e. The highest BCUT2D eigenvalue weighted by molar-refractivity contribution is 5.75. The molecule has 16 heavy (non-hydrogen) atoms. The van der Waals surface area contributed by atoms with E-state index in [2.05, 4.69) is 10.6 Å². The Labute approximate surface area is 94.3 Å². The average molecular weight is 230 g/mol. The molecule has 6 nitrogen and oxygen atoms in total. The van der Waals surface area contributed by atoms with E-state index in [-0.39, 0.29) is 24.5 Å². The molecule has 3 N–H and O–H groups in total. The summed E-state index contributed by atoms with van der Waals surface area (Å²) < 4.78 is 4.93. The van der Waals surface area contributed by atoms with Gasteiger partial charge in [-0.05, 0) is 19.8 Å². The fourth-order valence-electron chi connectivity index (χ4n) is 1.27. The van der Waals surface area contributed by atoms with Gasteiger partial charge in [0.1, 0.15) is 0 Å². The van der Waals surface area contributed by atoms with Crippen LogP contribution in [0.2, 0.25) is 0 Å². The van der Waals surface area contributed by atoms with Gasteiger partial charge in [0.25, 0.3) is 0 Å². The van der Waals surface area contributed by atoms with Crippen molar-refractivity contribution in [3.05, 3.63) is 0 Å². The number of carbonyl (C=O) groups excluding carboxylic acids is 1. The van der Waals surface area contributed by atoms with E-state index in [0.29, 0.717) is 0 Å². The second-order valence-corrected chi connectivity index (χ2v) is 4.35. The van der Waals surface area contributed by atoms with Crippen LogP contribution >= 0.6 is 0 Å². The zero-order valence-electron chi connectivity index (χ0n) is 9.58. The molecule has 1 aliphatic rings. The number of carbonyl (C=O) groups is 2. The highest BCUT2D eigenvalue weighted by Gasteiger charge is 2.38. The normalized spacial score (nSPS) is 18.6. The van der Waals surface area contributed by atoms with E-state index in [4.69, 9.17) is 9.84 Å². The van der Waals surface area contributed by atoms with E-state index in [0.717, 1.165) is 12.8 Å². The number of ether oxygens (including phenoxy) is 1. The third kappa shape index (κ3) is 4.48. The van der Waals surface area contributed by atoms with E-state index in [9.17, 15) is 9.59 Å². The van der Waals surface area contributed by atoms with Gasteiger partial charge in [0, 0.05) is 19.2 Å². The standard InChI is InChI=1S/C10H18N2O4/c1-10(3-4-10)12-9(15)11-6-7(16-2)5-8(13)14/h7H,3-6H2,1-2H3,(H,13,14)(H2,11,12,15). The second-order valence-electron chi connectivity index (χ2n) is 4.35. The summed E-state index contributed by atoms with van der Waals surface area (Å²) in [5, 5.41) is 14.0. The van der Waals surface area contributed by atoms with Gasteiger partial charge in [-0.1, -0.05) is 0 Å². The van der Waals surface area contributed by atoms with E-state index in [1.165, 1.54) is 7.11 Å². The average Bonchev–Trinajstić information content (AvgIpc) is 2.90. The molecule has 6 heteroatoms. The summed E-state index contributed by atoms with van der Waals surface area (Å²) in [5.41, 5.74) is -0.0700. The van der Waals surface area contributed by atoms with Crippen LogP contribution in [0.5, 0.6) is 0 Å². The molecular formula is C10H18N2O4. The van der Waals surface area contributed by atoms with Gasteiger partial charge in [-0.2, -0.15) is 0 Å². The molecule has 0 aromatic heterocycles. The minimum absolute atomic E-state index is 0.0700. The molecule has 0 bridgehead atoms. The lowest BCUT2D eigenvalue weighted by molar-refractivity contribution is -0.139. The molecule has 0 heterocycles. The van der Waals surface area contributed by atoms with Gasteiger partial charge < -0.3 is 20.5 Å². The zero-order valence-corrected chi connectivity index (χ0v) is 9.58. The van der Waals surface area contributed by atoms with Gasteiger partial charge in [0.05, 0.1) is 12.5 Å². The van der Waals surface area contributed by atoms with Crippen molar-refractivity contribution in [3.8, 4) is 0 Å². The zero-order chi connectivity index (χ0) is 12.2. The van der Waals surface area contributed by atoms with E-state index < -0.39 is 12.1 Å². The summed E-state index contributed by atoms with van der Waals surface area (Å²) in [6.45, 7) is 2.17. The van der Waals surface area contributed by atoms with Crippen LogP contribution in [0.25, 0.3) is 0 Å². The Morgan fingerprint density at radius 3 is 2.56 bits per heavy atom. The van der Waals surface area contributed by atoms with Crippen LogP contribution in [-0.2, 0) is 9.53 Å². The first-order valence-electron chi connectivity index (χ1n) is 5.26. The number of rotatable bonds is 6. The predicted octanol–water partition coefficient (Wildman–Crippen LogP) is 0.328. The molecule has 0 aromatic rings. The Kier molecular flexibility index (Phi) is 4.12. The summed E-state index contributed by atoms with van der Waals surface area (Å²) >= 11 is 0. The van der Waals surface area contributed by atoms with Crippen LogP contribution in [0.1, 0.15) is 26.2 Å². The Balaban J connectivity index is 2.20. The maximum atomic E-state index is 11.4. The lowest BCUT2D eigenvalue weighted by Crippen LogP contribution is -2.45. The topological polar surface area (TPSA) is 87.7 Å². The molecule has 92 valence electrons. The second kappa shape index (κ2) is 5.16. The van der Waals surface area contributed by atoms with Gasteiger partial charge in [-0.3, -0.25) is 4.79 Å². The van der Waals surface area contributed by atoms with Crippen molar-refractivity contribution in [2.45, 2.75) is 37.8 Å². The quantitative estimate of drug-likeness (QED) is 0.613. The highest BCUT2D eigenvalue weighted by atomic mass is 16.5. The van der Waals surface area contributed by atoms with Crippen molar-refractivity contribution >= 4 is 12.0 Å². The summed E-state index contributed by atoms with van der Waals surface area (Å²) in [6.07, 6.45) is 1.37. The van der Waals surface area contributed by atoms with Crippen LogP contribution in [0, 0.1) is 0 Å². The van der Waals surface area contributed by atoms with Crippen LogP contribution in [0.3, 0.4) is 0 Å². The van der Waals surface area contributed by atoms with E-state index in [1.54, 1.807) is 0 Å². The molecule has 1 rings (SSSR count). The van der Waals surface area contributed by atoms with Crippen LogP contribution in [0.4, 0.5) is 4.79 Å².